The molecule has 0 aliphatic carbocycles. The van der Waals surface area contributed by atoms with Crippen molar-refractivity contribution < 1.29 is 4.21 Å². The van der Waals surface area contributed by atoms with Gasteiger partial charge in [0.1, 0.15) is 0 Å². The van der Waals surface area contributed by atoms with Gasteiger partial charge in [0.25, 0.3) is 0 Å². The van der Waals surface area contributed by atoms with Crippen molar-refractivity contribution in [2.45, 2.75) is 25.2 Å². The monoisotopic (exact) mass is 209 g/mol. The predicted octanol–water partition coefficient (Wildman–Crippen LogP) is 2.47. The quantitative estimate of drug-likeness (QED) is 0.555. The van der Waals surface area contributed by atoms with Crippen molar-refractivity contribution >= 4 is 21.8 Å². The van der Waals surface area contributed by atoms with Crippen LogP contribution in [0, 0.1) is 6.92 Å². The van der Waals surface area contributed by atoms with E-state index in [0.717, 1.165) is 12.0 Å². The Bertz CT molecular complexity index is 415. The van der Waals surface area contributed by atoms with Crippen LogP contribution in [0.4, 0.5) is 0 Å². The van der Waals surface area contributed by atoms with Gasteiger partial charge in [-0.3, -0.25) is 0 Å². The van der Waals surface area contributed by atoms with Crippen LogP contribution in [-0.2, 0) is 9.71 Å². The van der Waals surface area contributed by atoms with Crippen LogP contribution < -0.4 is 0 Å². The molecule has 1 aromatic rings. The highest BCUT2D eigenvalue weighted by molar-refractivity contribution is 7.99. The van der Waals surface area contributed by atoms with E-state index < -0.39 is 9.71 Å². The highest BCUT2D eigenvalue weighted by Crippen LogP contribution is 2.12. The number of rotatable bonds is 3. The summed E-state index contributed by atoms with van der Waals surface area (Å²) in [6.45, 7) is 3.94. The molecule has 0 aliphatic heterocycles. The molecule has 14 heavy (non-hydrogen) atoms. The SMILES string of the molecule is C=S(=O)(N=CCC)c1ccc(C)cc1. The summed E-state index contributed by atoms with van der Waals surface area (Å²) in [7, 11) is -2.47. The molecule has 0 saturated heterocycles. The topological polar surface area (TPSA) is 29.4 Å². The van der Waals surface area contributed by atoms with Gasteiger partial charge in [0, 0.05) is 6.21 Å². The number of benzene rings is 1. The van der Waals surface area contributed by atoms with Crippen LogP contribution in [0.15, 0.2) is 33.6 Å². The van der Waals surface area contributed by atoms with Gasteiger partial charge in [-0.1, -0.05) is 24.6 Å². The summed E-state index contributed by atoms with van der Waals surface area (Å²) >= 11 is 0. The molecule has 1 aromatic carbocycles. The third-order valence-electron chi connectivity index (χ3n) is 1.82. The zero-order valence-corrected chi connectivity index (χ0v) is 9.38. The number of hydrogen-bond donors (Lipinski definition) is 0. The van der Waals surface area contributed by atoms with Gasteiger partial charge >= 0.3 is 0 Å². The van der Waals surface area contributed by atoms with E-state index in [1.54, 1.807) is 6.21 Å². The van der Waals surface area contributed by atoms with Crippen LogP contribution in [0.5, 0.6) is 0 Å². The highest BCUT2D eigenvalue weighted by Gasteiger charge is 2.02. The predicted molar refractivity (Wildman–Crippen MR) is 63.5 cm³/mol. The van der Waals surface area contributed by atoms with E-state index in [-0.39, 0.29) is 0 Å². The molecule has 0 amide bonds. The Morgan fingerprint density at radius 2 is 2.00 bits per heavy atom. The molecule has 0 fully saturated rings. The standard InChI is InChI=1S/C11H15NOS/c1-4-9-12-14(3,13)11-7-5-10(2)6-8-11/h5-9H,3-4H2,1-2H3. The van der Waals surface area contributed by atoms with E-state index in [9.17, 15) is 4.21 Å². The molecule has 1 unspecified atom stereocenters. The van der Waals surface area contributed by atoms with Crippen LogP contribution in [0.1, 0.15) is 18.9 Å². The molecule has 1 atom stereocenters. The summed E-state index contributed by atoms with van der Waals surface area (Å²) in [4.78, 5) is 0.688. The molecule has 1 rings (SSSR count). The molecule has 0 heterocycles. The lowest BCUT2D eigenvalue weighted by Crippen LogP contribution is -1.96. The van der Waals surface area contributed by atoms with E-state index in [4.69, 9.17) is 0 Å². The zero-order valence-electron chi connectivity index (χ0n) is 8.56. The second-order valence-corrected chi connectivity index (χ2v) is 5.11. The summed E-state index contributed by atoms with van der Waals surface area (Å²) in [5.41, 5.74) is 1.14. The van der Waals surface area contributed by atoms with E-state index in [1.165, 1.54) is 0 Å². The molecule has 0 spiro atoms. The van der Waals surface area contributed by atoms with Crippen molar-refractivity contribution in [1.29, 1.82) is 0 Å². The molecule has 0 radical (unpaired) electrons. The molecule has 0 N–H and O–H groups in total. The van der Waals surface area contributed by atoms with E-state index >= 15 is 0 Å². The lowest BCUT2D eigenvalue weighted by Gasteiger charge is -2.03. The maximum atomic E-state index is 11.9. The maximum absolute atomic E-state index is 11.9. The van der Waals surface area contributed by atoms with Gasteiger partial charge in [-0.15, -0.1) is 0 Å². The van der Waals surface area contributed by atoms with Crippen LogP contribution in [-0.4, -0.2) is 16.3 Å². The molecule has 0 saturated carbocycles. The van der Waals surface area contributed by atoms with E-state index in [0.29, 0.717) is 4.90 Å². The Morgan fingerprint density at radius 1 is 1.43 bits per heavy atom. The van der Waals surface area contributed by atoms with Crippen molar-refractivity contribution in [3.8, 4) is 0 Å². The van der Waals surface area contributed by atoms with Gasteiger partial charge in [0.15, 0.2) is 0 Å². The Morgan fingerprint density at radius 3 is 2.50 bits per heavy atom. The van der Waals surface area contributed by atoms with Gasteiger partial charge in [0.05, 0.1) is 14.6 Å². The average Bonchev–Trinajstić information content (AvgIpc) is 2.16. The molecule has 2 nitrogen and oxygen atoms in total. The van der Waals surface area contributed by atoms with Gasteiger partial charge in [-0.25, -0.2) is 8.61 Å². The second kappa shape index (κ2) is 4.42. The molecule has 0 aromatic heterocycles. The summed E-state index contributed by atoms with van der Waals surface area (Å²) in [5.74, 6) is 3.64. The van der Waals surface area contributed by atoms with Crippen molar-refractivity contribution in [1.82, 2.24) is 0 Å². The van der Waals surface area contributed by atoms with Crippen molar-refractivity contribution in [3.63, 3.8) is 0 Å². The van der Waals surface area contributed by atoms with Gasteiger partial charge in [-0.05, 0) is 31.3 Å². The van der Waals surface area contributed by atoms with Crippen molar-refractivity contribution in [2.75, 3.05) is 0 Å². The minimum Gasteiger partial charge on any atom is -0.241 e. The minimum atomic E-state index is -2.47. The highest BCUT2D eigenvalue weighted by atomic mass is 32.2. The fraction of sp³-hybridized carbons (Fsp3) is 0.273. The van der Waals surface area contributed by atoms with E-state index in [2.05, 4.69) is 10.3 Å². The van der Waals surface area contributed by atoms with Gasteiger partial charge in [-0.2, -0.15) is 0 Å². The summed E-state index contributed by atoms with van der Waals surface area (Å²) in [6.07, 6.45) is 2.42. The largest absolute Gasteiger partial charge is 0.241 e. The van der Waals surface area contributed by atoms with Crippen LogP contribution in [0.2, 0.25) is 0 Å². The summed E-state index contributed by atoms with van der Waals surface area (Å²) < 4.78 is 15.9. The van der Waals surface area contributed by atoms with Crippen molar-refractivity contribution in [2.24, 2.45) is 4.40 Å². The number of nitrogens with zero attached hydrogens (tertiary/aromatic N) is 1. The lowest BCUT2D eigenvalue weighted by molar-refractivity contribution is 0.682. The first-order valence-electron chi connectivity index (χ1n) is 4.54. The van der Waals surface area contributed by atoms with E-state index in [1.807, 2.05) is 38.1 Å². The fourth-order valence-corrected chi connectivity index (χ4v) is 2.08. The van der Waals surface area contributed by atoms with Crippen molar-refractivity contribution in [3.05, 3.63) is 29.8 Å². The summed E-state index contributed by atoms with van der Waals surface area (Å²) in [6, 6.07) is 7.47. The fourth-order valence-electron chi connectivity index (χ4n) is 1.01. The maximum Gasteiger partial charge on any atom is 0.0940 e. The Hall–Kier alpha value is -1.09. The number of hydrogen-bond acceptors (Lipinski definition) is 1. The average molecular weight is 209 g/mol. The third kappa shape index (κ3) is 2.70. The molecular formula is C11H15NOS. The smallest absolute Gasteiger partial charge is 0.0940 e. The lowest BCUT2D eigenvalue weighted by atomic mass is 10.2. The summed E-state index contributed by atoms with van der Waals surface area (Å²) in [5, 5.41) is 0. The third-order valence-corrected chi connectivity index (χ3v) is 3.32. The molecule has 76 valence electrons. The Kier molecular flexibility index (Phi) is 3.47. The van der Waals surface area contributed by atoms with Crippen LogP contribution in [0.25, 0.3) is 0 Å². The molecular weight excluding hydrogens is 194 g/mol. The second-order valence-electron chi connectivity index (χ2n) is 3.15. The molecule has 3 heteroatoms. The normalized spacial score (nSPS) is 15.6. The first-order valence-corrected chi connectivity index (χ1v) is 6.22. The molecule has 0 bridgehead atoms. The Balaban J connectivity index is 3.05. The zero-order chi connectivity index (χ0) is 10.6. The van der Waals surface area contributed by atoms with Gasteiger partial charge in [0.2, 0.25) is 0 Å². The number of aryl methyl sites for hydroxylation is 1. The minimum absolute atomic E-state index is 0.688. The molecule has 0 aliphatic rings. The Labute approximate surface area is 85.8 Å². The van der Waals surface area contributed by atoms with Crippen LogP contribution >= 0.6 is 0 Å². The van der Waals surface area contributed by atoms with Gasteiger partial charge < -0.3 is 0 Å². The van der Waals surface area contributed by atoms with Crippen LogP contribution in [0.3, 0.4) is 0 Å². The first-order chi connectivity index (χ1) is 6.56. The first kappa shape index (κ1) is 11.0.